The smallest absolute Gasteiger partial charge is 0.156 e. The fourth-order valence-electron chi connectivity index (χ4n) is 9.92. The van der Waals surface area contributed by atoms with Crippen LogP contribution < -0.4 is 20.5 Å². The summed E-state index contributed by atoms with van der Waals surface area (Å²) in [6.07, 6.45) is 7.29. The Labute approximate surface area is 337 Å². The molecule has 2 atom stereocenters. The summed E-state index contributed by atoms with van der Waals surface area (Å²) < 4.78 is 2.61. The van der Waals surface area contributed by atoms with Gasteiger partial charge >= 0.3 is 0 Å². The second kappa shape index (κ2) is 13.4. The van der Waals surface area contributed by atoms with Gasteiger partial charge in [-0.05, 0) is 85.7 Å². The molecule has 9 aromatic rings. The zero-order valence-electron chi connectivity index (χ0n) is 30.5. The van der Waals surface area contributed by atoms with Crippen LogP contribution in [0.4, 0.5) is 11.4 Å². The number of thiophene rings is 1. The highest BCUT2D eigenvalue weighted by atomic mass is 35.5. The minimum atomic E-state index is -2.74. The van der Waals surface area contributed by atoms with Crippen LogP contribution in [0.3, 0.4) is 0 Å². The van der Waals surface area contributed by atoms with E-state index in [-0.39, 0.29) is 11.5 Å². The third-order valence-electron chi connectivity index (χ3n) is 12.1. The molecule has 0 spiro atoms. The molecular formula is C52H36ClNSSi. The van der Waals surface area contributed by atoms with Crippen molar-refractivity contribution in [2.45, 2.75) is 11.5 Å². The number of para-hydroxylation sites is 1. The maximum atomic E-state index is 6.90. The molecule has 0 bridgehead atoms. The first-order valence-electron chi connectivity index (χ1n) is 19.3. The molecule has 266 valence electrons. The van der Waals surface area contributed by atoms with Crippen LogP contribution in [0.5, 0.6) is 0 Å². The first-order valence-corrected chi connectivity index (χ1v) is 22.6. The van der Waals surface area contributed by atoms with E-state index in [1.54, 1.807) is 0 Å². The van der Waals surface area contributed by atoms with Gasteiger partial charge in [0.2, 0.25) is 0 Å². The summed E-state index contributed by atoms with van der Waals surface area (Å²) in [6, 6.07) is 69.7. The SMILES string of the molecule is Clc1cccc2c(-c3cccc4c3C3C(N(c5ccccc5)c5ccc6c(c5)sc5ccccc56)=CC=CC3[Si]4(c3ccccc3)c3ccccc3)cccc12. The van der Waals surface area contributed by atoms with Crippen molar-refractivity contribution in [1.82, 2.24) is 0 Å². The highest BCUT2D eigenvalue weighted by Gasteiger charge is 2.58. The molecular weight excluding hydrogens is 734 g/mol. The van der Waals surface area contributed by atoms with Crippen molar-refractivity contribution in [3.05, 3.63) is 223 Å². The summed E-state index contributed by atoms with van der Waals surface area (Å²) in [4.78, 5) is 2.55. The molecule has 0 saturated carbocycles. The van der Waals surface area contributed by atoms with Gasteiger partial charge in [0.15, 0.2) is 8.07 Å². The fraction of sp³-hybridized carbons (Fsp3) is 0.0385. The van der Waals surface area contributed by atoms with Crippen molar-refractivity contribution >= 4 is 88.9 Å². The van der Waals surface area contributed by atoms with Crippen molar-refractivity contribution < 1.29 is 0 Å². The monoisotopic (exact) mass is 769 g/mol. The highest BCUT2D eigenvalue weighted by Crippen LogP contribution is 2.55. The molecule has 0 radical (unpaired) electrons. The first-order chi connectivity index (χ1) is 27.7. The topological polar surface area (TPSA) is 3.24 Å². The van der Waals surface area contributed by atoms with Gasteiger partial charge in [-0.3, -0.25) is 0 Å². The molecule has 0 saturated heterocycles. The number of hydrogen-bond donors (Lipinski definition) is 0. The van der Waals surface area contributed by atoms with Crippen LogP contribution >= 0.6 is 22.9 Å². The van der Waals surface area contributed by atoms with Gasteiger partial charge in [-0.15, -0.1) is 11.3 Å². The Morgan fingerprint density at radius 3 is 1.91 bits per heavy atom. The van der Waals surface area contributed by atoms with E-state index in [2.05, 4.69) is 205 Å². The minimum Gasteiger partial charge on any atom is -0.314 e. The van der Waals surface area contributed by atoms with Gasteiger partial charge in [0.05, 0.1) is 0 Å². The number of fused-ring (bicyclic) bond motifs is 7. The molecule has 2 aliphatic rings. The van der Waals surface area contributed by atoms with E-state index >= 15 is 0 Å². The Morgan fingerprint density at radius 1 is 0.500 bits per heavy atom. The lowest BCUT2D eigenvalue weighted by atomic mass is 9.82. The summed E-state index contributed by atoms with van der Waals surface area (Å²) in [5, 5.41) is 10.00. The molecule has 8 aromatic carbocycles. The van der Waals surface area contributed by atoms with Crippen molar-refractivity contribution in [3.8, 4) is 11.1 Å². The lowest BCUT2D eigenvalue weighted by molar-refractivity contribution is 0.783. The predicted molar refractivity (Wildman–Crippen MR) is 244 cm³/mol. The number of rotatable bonds is 6. The van der Waals surface area contributed by atoms with Gasteiger partial charge in [0.1, 0.15) is 0 Å². The summed E-state index contributed by atoms with van der Waals surface area (Å²) in [5.41, 5.74) is 7.74. The maximum absolute atomic E-state index is 6.90. The van der Waals surface area contributed by atoms with E-state index < -0.39 is 8.07 Å². The largest absolute Gasteiger partial charge is 0.314 e. The molecule has 1 aromatic heterocycles. The lowest BCUT2D eigenvalue weighted by Gasteiger charge is -2.40. The van der Waals surface area contributed by atoms with Gasteiger partial charge in [-0.2, -0.15) is 0 Å². The number of halogens is 1. The Hall–Kier alpha value is -5.97. The third-order valence-corrected chi connectivity index (χ3v) is 18.9. The summed E-state index contributed by atoms with van der Waals surface area (Å²) in [7, 11) is -2.74. The van der Waals surface area contributed by atoms with E-state index in [1.807, 2.05) is 17.4 Å². The van der Waals surface area contributed by atoms with E-state index in [9.17, 15) is 0 Å². The Morgan fingerprint density at radius 2 is 1.12 bits per heavy atom. The number of allylic oxidation sites excluding steroid dienone is 4. The van der Waals surface area contributed by atoms with E-state index in [1.165, 1.54) is 69.2 Å². The van der Waals surface area contributed by atoms with Crippen molar-refractivity contribution in [2.75, 3.05) is 4.90 Å². The molecule has 11 rings (SSSR count). The second-order valence-corrected chi connectivity index (χ2v) is 20.3. The van der Waals surface area contributed by atoms with Gasteiger partial charge in [-0.1, -0.05) is 175 Å². The zero-order chi connectivity index (χ0) is 37.2. The molecule has 4 heteroatoms. The number of nitrogens with zero attached hydrogens (tertiary/aromatic N) is 1. The quantitative estimate of drug-likeness (QED) is 0.152. The van der Waals surface area contributed by atoms with E-state index in [4.69, 9.17) is 11.6 Å². The molecule has 0 N–H and O–H groups in total. The predicted octanol–water partition coefficient (Wildman–Crippen LogP) is 12.8. The van der Waals surface area contributed by atoms with Crippen LogP contribution in [0.25, 0.3) is 42.1 Å². The summed E-state index contributed by atoms with van der Waals surface area (Å²) in [6.45, 7) is 0. The van der Waals surface area contributed by atoms with Gasteiger partial charge in [-0.25, -0.2) is 0 Å². The molecule has 2 unspecified atom stereocenters. The van der Waals surface area contributed by atoms with Crippen LogP contribution in [0.1, 0.15) is 11.5 Å². The molecule has 0 amide bonds. The van der Waals surface area contributed by atoms with Crippen LogP contribution in [0.15, 0.2) is 212 Å². The molecule has 0 fully saturated rings. The van der Waals surface area contributed by atoms with Crippen molar-refractivity contribution in [3.63, 3.8) is 0 Å². The van der Waals surface area contributed by atoms with E-state index in [0.717, 1.165) is 16.1 Å². The second-order valence-electron chi connectivity index (χ2n) is 14.9. The van der Waals surface area contributed by atoms with Crippen molar-refractivity contribution in [1.29, 1.82) is 0 Å². The van der Waals surface area contributed by atoms with Gasteiger partial charge in [0.25, 0.3) is 0 Å². The van der Waals surface area contributed by atoms with Crippen LogP contribution in [-0.2, 0) is 0 Å². The van der Waals surface area contributed by atoms with Gasteiger partial charge < -0.3 is 4.90 Å². The average molecular weight is 770 g/mol. The van der Waals surface area contributed by atoms with E-state index in [0.29, 0.717) is 0 Å². The Bertz CT molecular complexity index is 2970. The normalized spacial score (nSPS) is 16.8. The number of benzene rings is 8. The standard InChI is InChI=1S/C52H36ClNSSi/c53-45-27-13-24-39-40(23-12-25-41(39)45)44-26-14-30-49-51(44)52-46(28-15-31-50(52)56(49,37-18-6-2-7-19-37)38-20-8-3-9-21-38)54(35-16-4-1-5-17-35)36-32-33-43-42-22-10-11-29-47(42)55-48(43)34-36/h1-34,50,52H. The maximum Gasteiger partial charge on any atom is 0.156 e. The average Bonchev–Trinajstić information content (AvgIpc) is 3.79. The lowest BCUT2D eigenvalue weighted by Crippen LogP contribution is -2.67. The molecule has 1 nitrogen and oxygen atoms in total. The summed E-state index contributed by atoms with van der Waals surface area (Å²) >= 11 is 8.78. The fourth-order valence-corrected chi connectivity index (χ4v) is 17.1. The van der Waals surface area contributed by atoms with Crippen LogP contribution in [0.2, 0.25) is 10.6 Å². The molecule has 56 heavy (non-hydrogen) atoms. The first kappa shape index (κ1) is 33.4. The number of anilines is 2. The zero-order valence-corrected chi connectivity index (χ0v) is 33.1. The number of hydrogen-bond acceptors (Lipinski definition) is 2. The molecule has 2 heterocycles. The highest BCUT2D eigenvalue weighted by molar-refractivity contribution is 7.25. The molecule has 1 aliphatic heterocycles. The Balaban J connectivity index is 1.22. The summed E-state index contributed by atoms with van der Waals surface area (Å²) in [5.74, 6) is 0.0611. The van der Waals surface area contributed by atoms with Crippen molar-refractivity contribution in [2.24, 2.45) is 0 Å². The van der Waals surface area contributed by atoms with Crippen LogP contribution in [-0.4, -0.2) is 8.07 Å². The molecule has 1 aliphatic carbocycles. The third kappa shape index (κ3) is 4.98. The minimum absolute atomic E-state index is 0.0611. The Kier molecular flexibility index (Phi) is 7.96. The van der Waals surface area contributed by atoms with Gasteiger partial charge in [0, 0.05) is 53.6 Å². The van der Waals surface area contributed by atoms with Crippen LogP contribution in [0, 0.1) is 0 Å².